The summed E-state index contributed by atoms with van der Waals surface area (Å²) >= 11 is 1.56. The second kappa shape index (κ2) is 4.32. The van der Waals surface area contributed by atoms with Crippen LogP contribution < -0.4 is 0 Å². The van der Waals surface area contributed by atoms with Gasteiger partial charge in [0.05, 0.1) is 12.8 Å². The lowest BCUT2D eigenvalue weighted by atomic mass is 10.5. The predicted octanol–water partition coefficient (Wildman–Crippen LogP) is 2.14. The highest BCUT2D eigenvalue weighted by Gasteiger charge is 2.04. The van der Waals surface area contributed by atoms with Crippen molar-refractivity contribution >= 4 is 23.5 Å². The number of rotatable bonds is 2. The van der Waals surface area contributed by atoms with Crippen molar-refractivity contribution in [1.29, 1.82) is 0 Å². The fourth-order valence-electron chi connectivity index (χ4n) is 0.825. The molecule has 0 aliphatic carbocycles. The van der Waals surface area contributed by atoms with Crippen LogP contribution in [-0.2, 0) is 4.74 Å². The van der Waals surface area contributed by atoms with E-state index in [1.165, 1.54) is 0 Å². The second-order valence-corrected chi connectivity index (χ2v) is 3.32. The highest BCUT2D eigenvalue weighted by Crippen LogP contribution is 2.20. The Balaban J connectivity index is 2.94. The van der Waals surface area contributed by atoms with Crippen LogP contribution in [0.5, 0.6) is 0 Å². The quantitative estimate of drug-likeness (QED) is 0.451. The smallest absolute Gasteiger partial charge is 0.186 e. The van der Waals surface area contributed by atoms with Gasteiger partial charge in [-0.1, -0.05) is 11.8 Å². The minimum Gasteiger partial charge on any atom is -0.484 e. The SMILES string of the molecule is COC(C)=Nc1nc(SC)[nH]c1C. The van der Waals surface area contributed by atoms with Crippen LogP contribution >= 0.6 is 11.8 Å². The number of ether oxygens (including phenoxy) is 1. The standard InChI is InChI=1S/C8H13N3OS/c1-5-7(10-6(2)12-3)11-8(9-5)13-4/h1-4H3,(H,9,11). The summed E-state index contributed by atoms with van der Waals surface area (Å²) in [6.45, 7) is 3.74. The third kappa shape index (κ3) is 2.48. The molecule has 4 nitrogen and oxygen atoms in total. The van der Waals surface area contributed by atoms with E-state index < -0.39 is 0 Å². The number of thioether (sulfide) groups is 1. The van der Waals surface area contributed by atoms with E-state index >= 15 is 0 Å². The Kier molecular flexibility index (Phi) is 3.36. The summed E-state index contributed by atoms with van der Waals surface area (Å²) in [6.07, 6.45) is 1.97. The summed E-state index contributed by atoms with van der Waals surface area (Å²) in [7, 11) is 1.59. The van der Waals surface area contributed by atoms with Gasteiger partial charge >= 0.3 is 0 Å². The molecule has 0 aromatic carbocycles. The zero-order chi connectivity index (χ0) is 9.84. The lowest BCUT2D eigenvalue weighted by Gasteiger charge is -1.95. The molecule has 72 valence electrons. The summed E-state index contributed by atoms with van der Waals surface area (Å²) in [4.78, 5) is 11.6. The van der Waals surface area contributed by atoms with Crippen molar-refractivity contribution in [1.82, 2.24) is 9.97 Å². The lowest BCUT2D eigenvalue weighted by molar-refractivity contribution is 0.400. The number of methoxy groups -OCH3 is 1. The molecule has 0 amide bonds. The highest BCUT2D eigenvalue weighted by atomic mass is 32.2. The Labute approximate surface area is 81.8 Å². The normalized spacial score (nSPS) is 11.8. The van der Waals surface area contributed by atoms with Gasteiger partial charge in [-0.25, -0.2) is 4.98 Å². The summed E-state index contributed by atoms with van der Waals surface area (Å²) < 4.78 is 4.94. The van der Waals surface area contributed by atoms with E-state index in [1.54, 1.807) is 25.8 Å². The maximum atomic E-state index is 4.94. The van der Waals surface area contributed by atoms with Crippen LogP contribution in [-0.4, -0.2) is 29.2 Å². The first kappa shape index (κ1) is 10.1. The van der Waals surface area contributed by atoms with E-state index in [-0.39, 0.29) is 0 Å². The molecule has 1 rings (SSSR count). The Morgan fingerprint density at radius 2 is 2.31 bits per heavy atom. The van der Waals surface area contributed by atoms with Gasteiger partial charge in [0.2, 0.25) is 0 Å². The zero-order valence-corrected chi connectivity index (χ0v) is 9.03. The number of H-pyrrole nitrogens is 1. The molecule has 0 saturated carbocycles. The number of nitrogens with one attached hydrogen (secondary N) is 1. The van der Waals surface area contributed by atoms with Crippen molar-refractivity contribution in [2.45, 2.75) is 19.0 Å². The van der Waals surface area contributed by atoms with Gasteiger partial charge in [0, 0.05) is 6.92 Å². The zero-order valence-electron chi connectivity index (χ0n) is 8.21. The van der Waals surface area contributed by atoms with Crippen LogP contribution in [0.1, 0.15) is 12.6 Å². The molecule has 0 aliphatic rings. The molecule has 13 heavy (non-hydrogen) atoms. The van der Waals surface area contributed by atoms with E-state index in [9.17, 15) is 0 Å². The number of nitrogens with zero attached hydrogens (tertiary/aromatic N) is 2. The molecule has 0 aliphatic heterocycles. The summed E-state index contributed by atoms with van der Waals surface area (Å²) in [5.41, 5.74) is 0.959. The maximum Gasteiger partial charge on any atom is 0.186 e. The van der Waals surface area contributed by atoms with Crippen molar-refractivity contribution in [3.05, 3.63) is 5.69 Å². The third-order valence-corrected chi connectivity index (χ3v) is 2.17. The number of aliphatic imine (C=N–C) groups is 1. The van der Waals surface area contributed by atoms with Crippen LogP contribution in [0.2, 0.25) is 0 Å². The second-order valence-electron chi connectivity index (χ2n) is 2.53. The van der Waals surface area contributed by atoms with E-state index in [4.69, 9.17) is 4.74 Å². The van der Waals surface area contributed by atoms with Crippen molar-refractivity contribution < 1.29 is 4.74 Å². The monoisotopic (exact) mass is 199 g/mol. The molecular weight excluding hydrogens is 186 g/mol. The average molecular weight is 199 g/mol. The molecular formula is C8H13N3OS. The van der Waals surface area contributed by atoms with Gasteiger partial charge in [-0.2, -0.15) is 4.99 Å². The molecule has 1 N–H and O–H groups in total. The summed E-state index contributed by atoms with van der Waals surface area (Å²) in [5, 5.41) is 0.875. The van der Waals surface area contributed by atoms with Gasteiger partial charge in [0.1, 0.15) is 0 Å². The number of imidazole rings is 1. The lowest BCUT2D eigenvalue weighted by Crippen LogP contribution is -1.92. The van der Waals surface area contributed by atoms with E-state index in [0.717, 1.165) is 10.9 Å². The summed E-state index contributed by atoms with van der Waals surface area (Å²) in [5.74, 6) is 1.31. The van der Waals surface area contributed by atoms with Crippen LogP contribution in [0, 0.1) is 6.92 Å². The molecule has 0 bridgehead atoms. The minimum absolute atomic E-state index is 0.613. The Bertz CT molecular complexity index is 319. The van der Waals surface area contributed by atoms with Gasteiger partial charge in [-0.05, 0) is 13.2 Å². The molecule has 0 unspecified atom stereocenters. The van der Waals surface area contributed by atoms with Crippen molar-refractivity contribution in [3.63, 3.8) is 0 Å². The molecule has 1 heterocycles. The topological polar surface area (TPSA) is 50.3 Å². The van der Waals surface area contributed by atoms with E-state index in [0.29, 0.717) is 11.7 Å². The van der Waals surface area contributed by atoms with Gasteiger partial charge in [-0.15, -0.1) is 0 Å². The first-order valence-electron chi connectivity index (χ1n) is 3.87. The van der Waals surface area contributed by atoms with E-state index in [1.807, 2.05) is 13.2 Å². The molecule has 1 aromatic heterocycles. The van der Waals surface area contributed by atoms with Crippen LogP contribution in [0.15, 0.2) is 10.1 Å². The number of aromatic nitrogens is 2. The fourth-order valence-corrected chi connectivity index (χ4v) is 1.26. The largest absolute Gasteiger partial charge is 0.484 e. The number of aromatic amines is 1. The molecule has 5 heteroatoms. The maximum absolute atomic E-state index is 4.94. The Hall–Kier alpha value is -0.970. The van der Waals surface area contributed by atoms with Crippen molar-refractivity contribution in [3.8, 4) is 0 Å². The molecule has 1 aromatic rings. The predicted molar refractivity (Wildman–Crippen MR) is 54.9 cm³/mol. The number of aryl methyl sites for hydroxylation is 1. The van der Waals surface area contributed by atoms with Gasteiger partial charge < -0.3 is 9.72 Å². The first-order chi connectivity index (χ1) is 6.17. The molecule has 0 spiro atoms. The van der Waals surface area contributed by atoms with Crippen LogP contribution in [0.25, 0.3) is 0 Å². The molecule has 0 atom stereocenters. The molecule has 0 saturated heterocycles. The molecule has 0 radical (unpaired) electrons. The minimum atomic E-state index is 0.613. The highest BCUT2D eigenvalue weighted by molar-refractivity contribution is 7.98. The molecule has 0 fully saturated rings. The average Bonchev–Trinajstić information content (AvgIpc) is 2.47. The Morgan fingerprint density at radius 3 is 2.77 bits per heavy atom. The third-order valence-electron chi connectivity index (χ3n) is 1.59. The Morgan fingerprint density at radius 1 is 1.62 bits per heavy atom. The van der Waals surface area contributed by atoms with Crippen LogP contribution in [0.4, 0.5) is 5.82 Å². The fraction of sp³-hybridized carbons (Fsp3) is 0.500. The van der Waals surface area contributed by atoms with Gasteiger partial charge in [0.15, 0.2) is 16.9 Å². The van der Waals surface area contributed by atoms with Gasteiger partial charge in [0.25, 0.3) is 0 Å². The van der Waals surface area contributed by atoms with Gasteiger partial charge in [-0.3, -0.25) is 0 Å². The number of hydrogen-bond donors (Lipinski definition) is 1. The first-order valence-corrected chi connectivity index (χ1v) is 5.09. The number of hydrogen-bond acceptors (Lipinski definition) is 4. The van der Waals surface area contributed by atoms with Crippen molar-refractivity contribution in [2.24, 2.45) is 4.99 Å². The summed E-state index contributed by atoms with van der Waals surface area (Å²) in [6, 6.07) is 0. The van der Waals surface area contributed by atoms with E-state index in [2.05, 4.69) is 15.0 Å². The van der Waals surface area contributed by atoms with Crippen LogP contribution in [0.3, 0.4) is 0 Å². The van der Waals surface area contributed by atoms with Crippen molar-refractivity contribution in [2.75, 3.05) is 13.4 Å².